The lowest BCUT2D eigenvalue weighted by Gasteiger charge is -2.25. The second kappa shape index (κ2) is 11.8. The number of halogens is 1. The number of nitrogens with zero attached hydrogens (tertiary/aromatic N) is 2. The fourth-order valence-electron chi connectivity index (χ4n) is 6.92. The van der Waals surface area contributed by atoms with E-state index < -0.39 is 0 Å². The fourth-order valence-corrected chi connectivity index (χ4v) is 8.05. The van der Waals surface area contributed by atoms with Gasteiger partial charge in [-0.15, -0.1) is 0 Å². The number of allylic oxidation sites excluding steroid dienone is 7. The van der Waals surface area contributed by atoms with Gasteiger partial charge in [0.25, 0.3) is 0 Å². The summed E-state index contributed by atoms with van der Waals surface area (Å²) in [5.74, 6) is 0. The Labute approximate surface area is 262 Å². The van der Waals surface area contributed by atoms with Crippen LogP contribution in [0.5, 0.6) is 0 Å². The molecular formula is C38H41ClN2S. The summed E-state index contributed by atoms with van der Waals surface area (Å²) in [5.41, 5.74) is 10.9. The first-order valence-electron chi connectivity index (χ1n) is 14.8. The van der Waals surface area contributed by atoms with Gasteiger partial charge in [0, 0.05) is 51.4 Å². The van der Waals surface area contributed by atoms with Crippen LogP contribution in [0.2, 0.25) is 0 Å². The summed E-state index contributed by atoms with van der Waals surface area (Å²) in [6.07, 6.45) is 12.9. The Hall–Kier alpha value is -3.27. The number of anilines is 1. The molecule has 0 spiro atoms. The van der Waals surface area contributed by atoms with Crippen LogP contribution in [0.4, 0.5) is 11.4 Å². The largest absolute Gasteiger partial charge is 1.00 e. The molecular weight excluding hydrogens is 552 g/mol. The van der Waals surface area contributed by atoms with Gasteiger partial charge in [-0.25, -0.2) is 0 Å². The lowest BCUT2D eigenvalue weighted by atomic mass is 9.81. The van der Waals surface area contributed by atoms with E-state index in [0.29, 0.717) is 0 Å². The maximum Gasteiger partial charge on any atom is 0.209 e. The maximum atomic E-state index is 2.41. The second-order valence-corrected chi connectivity index (χ2v) is 13.6. The van der Waals surface area contributed by atoms with Crippen molar-refractivity contribution in [3.63, 3.8) is 0 Å². The first-order chi connectivity index (χ1) is 19.7. The van der Waals surface area contributed by atoms with Crippen LogP contribution in [0.3, 0.4) is 0 Å². The van der Waals surface area contributed by atoms with E-state index in [2.05, 4.69) is 154 Å². The Bertz CT molecular complexity index is 1650. The molecule has 4 heteroatoms. The van der Waals surface area contributed by atoms with E-state index >= 15 is 0 Å². The second-order valence-electron chi connectivity index (χ2n) is 12.5. The first-order valence-corrected chi connectivity index (χ1v) is 15.6. The molecule has 0 N–H and O–H groups in total. The molecule has 0 atom stereocenters. The molecule has 3 aromatic rings. The van der Waals surface area contributed by atoms with Gasteiger partial charge in [-0.1, -0.05) is 92.4 Å². The van der Waals surface area contributed by atoms with Gasteiger partial charge in [0.2, 0.25) is 5.69 Å². The van der Waals surface area contributed by atoms with E-state index in [1.807, 2.05) is 11.8 Å². The highest BCUT2D eigenvalue weighted by Gasteiger charge is 2.42. The lowest BCUT2D eigenvalue weighted by molar-refractivity contribution is -0.401. The van der Waals surface area contributed by atoms with Gasteiger partial charge < -0.3 is 17.3 Å². The zero-order valence-electron chi connectivity index (χ0n) is 25.6. The van der Waals surface area contributed by atoms with Gasteiger partial charge in [0.05, 0.1) is 5.41 Å². The molecule has 2 nitrogen and oxygen atoms in total. The van der Waals surface area contributed by atoms with Crippen molar-refractivity contribution < 1.29 is 17.0 Å². The van der Waals surface area contributed by atoms with Gasteiger partial charge in [0.15, 0.2) is 5.71 Å². The van der Waals surface area contributed by atoms with E-state index in [-0.39, 0.29) is 23.2 Å². The summed E-state index contributed by atoms with van der Waals surface area (Å²) in [5, 5.41) is 0. The molecule has 0 fully saturated rings. The third-order valence-electron chi connectivity index (χ3n) is 9.20. The molecule has 0 bridgehead atoms. The summed E-state index contributed by atoms with van der Waals surface area (Å²) < 4.78 is 2.37. The van der Waals surface area contributed by atoms with Crippen molar-refractivity contribution in [2.45, 2.75) is 62.7 Å². The average Bonchev–Trinajstić information content (AvgIpc) is 3.29. The number of fused-ring (bicyclic) bond motifs is 2. The molecule has 3 aromatic carbocycles. The molecule has 0 radical (unpaired) electrons. The Kier molecular flexibility index (Phi) is 8.47. The number of hydrogen-bond acceptors (Lipinski definition) is 2. The van der Waals surface area contributed by atoms with Crippen LogP contribution < -0.4 is 17.3 Å². The monoisotopic (exact) mass is 592 g/mol. The van der Waals surface area contributed by atoms with E-state index in [1.54, 1.807) is 0 Å². The van der Waals surface area contributed by atoms with Crippen molar-refractivity contribution >= 4 is 28.8 Å². The minimum Gasteiger partial charge on any atom is -1.00 e. The third kappa shape index (κ3) is 5.23. The van der Waals surface area contributed by atoms with Crippen LogP contribution in [-0.4, -0.2) is 24.4 Å². The van der Waals surface area contributed by atoms with Crippen LogP contribution >= 0.6 is 11.8 Å². The normalized spacial score (nSPS) is 20.9. The predicted molar refractivity (Wildman–Crippen MR) is 177 cm³/mol. The van der Waals surface area contributed by atoms with Crippen molar-refractivity contribution in [3.05, 3.63) is 136 Å². The van der Waals surface area contributed by atoms with Gasteiger partial charge >= 0.3 is 0 Å². The van der Waals surface area contributed by atoms with Crippen molar-refractivity contribution in [1.29, 1.82) is 0 Å². The molecule has 6 rings (SSSR count). The van der Waals surface area contributed by atoms with Crippen LogP contribution in [0, 0.1) is 0 Å². The van der Waals surface area contributed by atoms with E-state index in [4.69, 9.17) is 0 Å². The number of rotatable bonds is 5. The van der Waals surface area contributed by atoms with E-state index in [0.717, 1.165) is 12.8 Å². The lowest BCUT2D eigenvalue weighted by Crippen LogP contribution is -3.00. The summed E-state index contributed by atoms with van der Waals surface area (Å²) in [4.78, 5) is 5.07. The minimum absolute atomic E-state index is 0. The first kappa shape index (κ1) is 30.2. The predicted octanol–water partition coefficient (Wildman–Crippen LogP) is 6.72. The van der Waals surface area contributed by atoms with Crippen LogP contribution in [0.1, 0.15) is 58.1 Å². The van der Waals surface area contributed by atoms with E-state index in [9.17, 15) is 0 Å². The molecule has 2 heterocycles. The van der Waals surface area contributed by atoms with Gasteiger partial charge in [-0.2, -0.15) is 4.58 Å². The highest BCUT2D eigenvalue weighted by molar-refractivity contribution is 8.03. The molecule has 1 aliphatic carbocycles. The molecule has 0 unspecified atom stereocenters. The molecule has 0 saturated carbocycles. The molecule has 0 amide bonds. The number of hydrogen-bond donors (Lipinski definition) is 0. The number of para-hydroxylation sites is 2. The van der Waals surface area contributed by atoms with Gasteiger partial charge in [-0.3, -0.25) is 0 Å². The van der Waals surface area contributed by atoms with Crippen LogP contribution in [-0.2, 0) is 10.8 Å². The zero-order valence-corrected chi connectivity index (χ0v) is 27.2. The standard InChI is InChI=1S/C38H41N2S.ClH/c1-37(2)30-19-10-12-21-32(30)39(5)34(37)25-23-27-15-14-16-28(36(27)41-29-17-8-7-9-18-29)24-26-35-38(3,4)31-20-11-13-22-33(31)40(35)6;/h7-13,17-26H,14-16H2,1-6H3;1H/q+1;/p-1. The van der Waals surface area contributed by atoms with Crippen LogP contribution in [0.15, 0.2) is 130 Å². The molecule has 3 aliphatic rings. The molecule has 42 heavy (non-hydrogen) atoms. The highest BCUT2D eigenvalue weighted by Crippen LogP contribution is 2.47. The topological polar surface area (TPSA) is 6.25 Å². The van der Waals surface area contributed by atoms with Crippen molar-refractivity contribution in [2.75, 3.05) is 19.0 Å². The molecule has 216 valence electrons. The van der Waals surface area contributed by atoms with Gasteiger partial charge in [-0.05, 0) is 74.1 Å². The number of likely N-dealkylation sites (N-methyl/N-ethyl adjacent to an activating group) is 1. The molecule has 0 aromatic heterocycles. The van der Waals surface area contributed by atoms with Crippen LogP contribution in [0.25, 0.3) is 0 Å². The van der Waals surface area contributed by atoms with E-state index in [1.165, 1.54) is 61.3 Å². The summed E-state index contributed by atoms with van der Waals surface area (Å²) in [6, 6.07) is 28.5. The Morgan fingerprint density at radius 2 is 1.43 bits per heavy atom. The summed E-state index contributed by atoms with van der Waals surface area (Å²) in [7, 11) is 4.41. The fraction of sp³-hybridized carbons (Fsp3) is 0.289. The van der Waals surface area contributed by atoms with Crippen molar-refractivity contribution in [3.8, 4) is 0 Å². The zero-order chi connectivity index (χ0) is 28.8. The summed E-state index contributed by atoms with van der Waals surface area (Å²) >= 11 is 1.92. The number of thioether (sulfide) groups is 1. The molecule has 2 aliphatic heterocycles. The smallest absolute Gasteiger partial charge is 0.209 e. The third-order valence-corrected chi connectivity index (χ3v) is 10.4. The Balaban J connectivity index is 0.00000353. The Morgan fingerprint density at radius 1 is 0.762 bits per heavy atom. The maximum absolute atomic E-state index is 2.41. The van der Waals surface area contributed by atoms with Crippen molar-refractivity contribution in [2.24, 2.45) is 0 Å². The Morgan fingerprint density at radius 3 is 2.14 bits per heavy atom. The average molecular weight is 593 g/mol. The quantitative estimate of drug-likeness (QED) is 0.303. The minimum atomic E-state index is -0.0272. The SMILES string of the molecule is CN1C(=CC=C2CCCC(C=CC3=[N+](C)c4ccccc4C3(C)C)=C2Sc2ccccc2)C(C)(C)c2ccccc21.[Cl-]. The summed E-state index contributed by atoms with van der Waals surface area (Å²) in [6.45, 7) is 9.39. The van der Waals surface area contributed by atoms with Gasteiger partial charge in [0.1, 0.15) is 7.05 Å². The number of benzene rings is 3. The highest BCUT2D eigenvalue weighted by atomic mass is 35.5. The van der Waals surface area contributed by atoms with Crippen molar-refractivity contribution in [1.82, 2.24) is 0 Å². The molecule has 0 saturated heterocycles.